The van der Waals surface area contributed by atoms with Crippen molar-refractivity contribution in [3.63, 3.8) is 0 Å². The van der Waals surface area contributed by atoms with E-state index in [4.69, 9.17) is 5.73 Å². The molecule has 0 fully saturated rings. The van der Waals surface area contributed by atoms with Gasteiger partial charge in [0.05, 0.1) is 10.4 Å². The van der Waals surface area contributed by atoms with Gasteiger partial charge in [-0.15, -0.1) is 0 Å². The van der Waals surface area contributed by atoms with Gasteiger partial charge in [0.2, 0.25) is 0 Å². The number of fused-ring (bicyclic) bond motifs is 1. The zero-order valence-electron chi connectivity index (χ0n) is 11.7. The predicted octanol–water partition coefficient (Wildman–Crippen LogP) is 2.52. The Hall–Kier alpha value is -2.34. The lowest BCUT2D eigenvalue weighted by atomic mass is 10.1. The van der Waals surface area contributed by atoms with Crippen LogP contribution in [0.15, 0.2) is 41.3 Å². The fourth-order valence-corrected chi connectivity index (χ4v) is 3.06. The van der Waals surface area contributed by atoms with Crippen molar-refractivity contribution in [1.82, 2.24) is 9.97 Å². The maximum Gasteiger partial charge on any atom is 0.177 e. The van der Waals surface area contributed by atoms with Crippen LogP contribution in [0.1, 0.15) is 5.56 Å². The van der Waals surface area contributed by atoms with E-state index in [9.17, 15) is 8.42 Å². The van der Waals surface area contributed by atoms with E-state index in [2.05, 4.69) is 9.97 Å². The number of nitrogens with zero attached hydrogens (tertiary/aromatic N) is 1. The SMILES string of the molecule is Cc1ccc(-c2nc3c(S(C)(=O)=O)cccc3[nH]2)cc1N. The van der Waals surface area contributed by atoms with Gasteiger partial charge in [0.25, 0.3) is 0 Å². The lowest BCUT2D eigenvalue weighted by Gasteiger charge is -2.02. The Morgan fingerprint density at radius 3 is 2.62 bits per heavy atom. The van der Waals surface area contributed by atoms with Crippen molar-refractivity contribution in [2.24, 2.45) is 0 Å². The number of hydrogen-bond donors (Lipinski definition) is 2. The molecule has 0 bridgehead atoms. The largest absolute Gasteiger partial charge is 0.398 e. The molecule has 0 spiro atoms. The fourth-order valence-electron chi connectivity index (χ4n) is 2.23. The minimum absolute atomic E-state index is 0.225. The van der Waals surface area contributed by atoms with Gasteiger partial charge in [-0.3, -0.25) is 0 Å². The summed E-state index contributed by atoms with van der Waals surface area (Å²) in [5.41, 5.74) is 9.55. The molecule has 1 heterocycles. The molecular weight excluding hydrogens is 286 g/mol. The van der Waals surface area contributed by atoms with Crippen molar-refractivity contribution in [3.05, 3.63) is 42.0 Å². The van der Waals surface area contributed by atoms with Crippen molar-refractivity contribution in [2.75, 3.05) is 12.0 Å². The van der Waals surface area contributed by atoms with Crippen LogP contribution >= 0.6 is 0 Å². The van der Waals surface area contributed by atoms with Crippen molar-refractivity contribution in [2.45, 2.75) is 11.8 Å². The van der Waals surface area contributed by atoms with Crippen LogP contribution in [0.5, 0.6) is 0 Å². The van der Waals surface area contributed by atoms with Gasteiger partial charge in [0.15, 0.2) is 9.84 Å². The lowest BCUT2D eigenvalue weighted by Crippen LogP contribution is -1.97. The molecule has 0 saturated carbocycles. The molecule has 3 aromatic rings. The first-order valence-electron chi connectivity index (χ1n) is 6.41. The molecular formula is C15H15N3O2S. The molecule has 21 heavy (non-hydrogen) atoms. The second kappa shape index (κ2) is 4.60. The van der Waals surface area contributed by atoms with E-state index in [0.717, 1.165) is 11.1 Å². The summed E-state index contributed by atoms with van der Waals surface area (Å²) >= 11 is 0. The quantitative estimate of drug-likeness (QED) is 0.712. The number of aromatic amines is 1. The highest BCUT2D eigenvalue weighted by Gasteiger charge is 2.15. The van der Waals surface area contributed by atoms with Crippen LogP contribution in [0.3, 0.4) is 0 Å². The van der Waals surface area contributed by atoms with E-state index in [-0.39, 0.29) is 4.90 Å². The molecule has 0 aliphatic rings. The number of anilines is 1. The minimum Gasteiger partial charge on any atom is -0.398 e. The van der Waals surface area contributed by atoms with Gasteiger partial charge in [0, 0.05) is 17.5 Å². The summed E-state index contributed by atoms with van der Waals surface area (Å²) in [7, 11) is -3.32. The lowest BCUT2D eigenvalue weighted by molar-refractivity contribution is 0.602. The second-order valence-corrected chi connectivity index (χ2v) is 7.07. The average Bonchev–Trinajstić information content (AvgIpc) is 2.84. The first-order valence-corrected chi connectivity index (χ1v) is 8.31. The van der Waals surface area contributed by atoms with Gasteiger partial charge in [-0.05, 0) is 30.7 Å². The molecule has 3 rings (SSSR count). The Labute approximate surface area is 122 Å². The van der Waals surface area contributed by atoms with Gasteiger partial charge in [-0.2, -0.15) is 0 Å². The highest BCUT2D eigenvalue weighted by Crippen LogP contribution is 2.27. The Bertz CT molecular complexity index is 943. The number of nitrogen functional groups attached to an aromatic ring is 1. The van der Waals surface area contributed by atoms with E-state index in [1.54, 1.807) is 18.2 Å². The Balaban J connectivity index is 2.24. The molecule has 0 saturated heterocycles. The molecule has 108 valence electrons. The summed E-state index contributed by atoms with van der Waals surface area (Å²) in [5.74, 6) is 0.604. The van der Waals surface area contributed by atoms with Crippen LogP contribution in [0.2, 0.25) is 0 Å². The third-order valence-electron chi connectivity index (χ3n) is 3.43. The molecule has 5 nitrogen and oxygen atoms in total. The summed E-state index contributed by atoms with van der Waals surface area (Å²) in [6, 6.07) is 10.7. The van der Waals surface area contributed by atoms with Crippen LogP contribution in [-0.4, -0.2) is 24.6 Å². The molecule has 3 N–H and O–H groups in total. The predicted molar refractivity (Wildman–Crippen MR) is 83.8 cm³/mol. The van der Waals surface area contributed by atoms with Crippen LogP contribution in [0.4, 0.5) is 5.69 Å². The summed E-state index contributed by atoms with van der Waals surface area (Å²) in [6.07, 6.45) is 1.18. The molecule has 0 aliphatic heterocycles. The number of aryl methyl sites for hydroxylation is 1. The maximum absolute atomic E-state index is 11.8. The highest BCUT2D eigenvalue weighted by molar-refractivity contribution is 7.91. The molecule has 0 aliphatic carbocycles. The van der Waals surface area contributed by atoms with Gasteiger partial charge in [-0.1, -0.05) is 18.2 Å². The first-order chi connectivity index (χ1) is 9.86. The number of H-pyrrole nitrogens is 1. The van der Waals surface area contributed by atoms with E-state index < -0.39 is 9.84 Å². The topological polar surface area (TPSA) is 88.8 Å². The Kier molecular flexibility index (Phi) is 2.98. The van der Waals surface area contributed by atoms with E-state index in [1.165, 1.54) is 6.26 Å². The number of nitrogens with one attached hydrogen (secondary N) is 1. The number of para-hydroxylation sites is 1. The van der Waals surface area contributed by atoms with Crippen LogP contribution in [0, 0.1) is 6.92 Å². The average molecular weight is 301 g/mol. The molecule has 0 atom stereocenters. The van der Waals surface area contributed by atoms with Crippen molar-refractivity contribution < 1.29 is 8.42 Å². The maximum atomic E-state index is 11.8. The molecule has 0 amide bonds. The second-order valence-electron chi connectivity index (χ2n) is 5.08. The standard InChI is InChI=1S/C15H15N3O2S/c1-9-6-7-10(8-11(9)16)15-17-12-4-3-5-13(14(12)18-15)21(2,19)20/h3-8H,16H2,1-2H3,(H,17,18). The fraction of sp³-hybridized carbons (Fsp3) is 0.133. The van der Waals surface area contributed by atoms with Crippen LogP contribution in [0.25, 0.3) is 22.4 Å². The van der Waals surface area contributed by atoms with Gasteiger partial charge in [-0.25, -0.2) is 13.4 Å². The smallest absolute Gasteiger partial charge is 0.177 e. The van der Waals surface area contributed by atoms with Crippen molar-refractivity contribution in [1.29, 1.82) is 0 Å². The van der Waals surface area contributed by atoms with E-state index in [1.807, 2.05) is 25.1 Å². The summed E-state index contributed by atoms with van der Waals surface area (Å²) < 4.78 is 23.6. The number of benzene rings is 2. The number of imidazole rings is 1. The third kappa shape index (κ3) is 2.38. The molecule has 0 radical (unpaired) electrons. The molecule has 6 heteroatoms. The van der Waals surface area contributed by atoms with Crippen molar-refractivity contribution in [3.8, 4) is 11.4 Å². The highest BCUT2D eigenvalue weighted by atomic mass is 32.2. The molecule has 0 unspecified atom stereocenters. The van der Waals surface area contributed by atoms with Gasteiger partial charge < -0.3 is 10.7 Å². The third-order valence-corrected chi connectivity index (χ3v) is 4.56. The number of rotatable bonds is 2. The normalized spacial score (nSPS) is 11.9. The number of sulfone groups is 1. The van der Waals surface area contributed by atoms with Gasteiger partial charge >= 0.3 is 0 Å². The number of hydrogen-bond acceptors (Lipinski definition) is 4. The summed E-state index contributed by atoms with van der Waals surface area (Å²) in [4.78, 5) is 7.79. The number of aromatic nitrogens is 2. The zero-order chi connectivity index (χ0) is 15.2. The van der Waals surface area contributed by atoms with Crippen molar-refractivity contribution >= 4 is 26.6 Å². The van der Waals surface area contributed by atoms with E-state index in [0.29, 0.717) is 22.5 Å². The van der Waals surface area contributed by atoms with Gasteiger partial charge in [0.1, 0.15) is 11.3 Å². The minimum atomic E-state index is -3.32. The van der Waals surface area contributed by atoms with Crippen LogP contribution < -0.4 is 5.73 Å². The Morgan fingerprint density at radius 1 is 1.19 bits per heavy atom. The molecule has 2 aromatic carbocycles. The monoisotopic (exact) mass is 301 g/mol. The number of nitrogens with two attached hydrogens (primary N) is 1. The van der Waals surface area contributed by atoms with Crippen LogP contribution in [-0.2, 0) is 9.84 Å². The summed E-state index contributed by atoms with van der Waals surface area (Å²) in [5, 5.41) is 0. The zero-order valence-corrected chi connectivity index (χ0v) is 12.5. The summed E-state index contributed by atoms with van der Waals surface area (Å²) in [6.45, 7) is 1.93. The first kappa shape index (κ1) is 13.6. The Morgan fingerprint density at radius 2 is 1.95 bits per heavy atom. The van der Waals surface area contributed by atoms with E-state index >= 15 is 0 Å². The molecule has 1 aromatic heterocycles.